The van der Waals surface area contributed by atoms with Crippen molar-refractivity contribution in [1.29, 1.82) is 0 Å². The molecule has 2 aromatic rings. The highest BCUT2D eigenvalue weighted by molar-refractivity contribution is 5.94. The van der Waals surface area contributed by atoms with E-state index < -0.39 is 0 Å². The summed E-state index contributed by atoms with van der Waals surface area (Å²) in [6.45, 7) is 4.85. The Morgan fingerprint density at radius 3 is 2.56 bits per heavy atom. The Hall–Kier alpha value is -2.89. The Morgan fingerprint density at radius 1 is 1.11 bits per heavy atom. The van der Waals surface area contributed by atoms with E-state index in [0.29, 0.717) is 30.2 Å². The average Bonchev–Trinajstić information content (AvgIpc) is 2.69. The fourth-order valence-corrected chi connectivity index (χ4v) is 2.46. The Labute approximate surface area is 160 Å². The number of nitrogens with zero attached hydrogens (tertiary/aromatic N) is 1. The molecule has 0 spiro atoms. The molecule has 0 fully saturated rings. The van der Waals surface area contributed by atoms with Gasteiger partial charge < -0.3 is 16.0 Å². The fourth-order valence-electron chi connectivity index (χ4n) is 2.46. The van der Waals surface area contributed by atoms with Crippen molar-refractivity contribution in [1.82, 2.24) is 16.0 Å². The quantitative estimate of drug-likeness (QED) is 0.518. The van der Waals surface area contributed by atoms with Crippen molar-refractivity contribution in [2.45, 2.75) is 39.4 Å². The van der Waals surface area contributed by atoms with Gasteiger partial charge in [0.25, 0.3) is 5.91 Å². The summed E-state index contributed by atoms with van der Waals surface area (Å²) in [4.78, 5) is 16.4. The van der Waals surface area contributed by atoms with Gasteiger partial charge in [0, 0.05) is 37.3 Å². The van der Waals surface area contributed by atoms with Crippen LogP contribution < -0.4 is 16.0 Å². The number of halogens is 1. The molecule has 27 heavy (non-hydrogen) atoms. The van der Waals surface area contributed by atoms with Gasteiger partial charge in [-0.1, -0.05) is 37.3 Å². The zero-order valence-corrected chi connectivity index (χ0v) is 16.1. The summed E-state index contributed by atoms with van der Waals surface area (Å²) in [5.74, 6) is 0.237. The number of nitrogens with one attached hydrogen (secondary N) is 3. The summed E-state index contributed by atoms with van der Waals surface area (Å²) in [5.41, 5.74) is 2.16. The third-order valence-electron chi connectivity index (χ3n) is 4.27. The van der Waals surface area contributed by atoms with Gasteiger partial charge in [-0.15, -0.1) is 0 Å². The Morgan fingerprint density at radius 2 is 1.85 bits per heavy atom. The van der Waals surface area contributed by atoms with Crippen LogP contribution in [0.2, 0.25) is 0 Å². The first-order valence-electron chi connectivity index (χ1n) is 9.11. The van der Waals surface area contributed by atoms with E-state index in [1.807, 2.05) is 32.0 Å². The smallest absolute Gasteiger partial charge is 0.251 e. The van der Waals surface area contributed by atoms with E-state index >= 15 is 0 Å². The van der Waals surface area contributed by atoms with Crippen LogP contribution in [0.5, 0.6) is 0 Å². The first-order valence-corrected chi connectivity index (χ1v) is 9.11. The highest BCUT2D eigenvalue weighted by atomic mass is 19.1. The molecule has 0 aliphatic carbocycles. The van der Waals surface area contributed by atoms with Gasteiger partial charge in [-0.05, 0) is 37.1 Å². The van der Waals surface area contributed by atoms with Crippen LogP contribution in [0.25, 0.3) is 0 Å². The second-order valence-corrected chi connectivity index (χ2v) is 6.35. The van der Waals surface area contributed by atoms with E-state index in [1.54, 1.807) is 31.3 Å². The van der Waals surface area contributed by atoms with Crippen molar-refractivity contribution in [3.05, 3.63) is 71.0 Å². The van der Waals surface area contributed by atoms with Gasteiger partial charge in [-0.3, -0.25) is 9.79 Å². The maximum Gasteiger partial charge on any atom is 0.251 e. The number of carbonyl (C=O) groups is 1. The number of benzene rings is 2. The molecule has 0 radical (unpaired) electrons. The van der Waals surface area contributed by atoms with Crippen LogP contribution >= 0.6 is 0 Å². The van der Waals surface area contributed by atoms with E-state index in [0.717, 1.165) is 12.0 Å². The summed E-state index contributed by atoms with van der Waals surface area (Å²) in [7, 11) is 1.66. The molecule has 0 saturated heterocycles. The van der Waals surface area contributed by atoms with Crippen LogP contribution in [0, 0.1) is 5.82 Å². The molecule has 0 heterocycles. The molecule has 5 nitrogen and oxygen atoms in total. The van der Waals surface area contributed by atoms with Crippen molar-refractivity contribution in [3.8, 4) is 0 Å². The molecule has 1 amide bonds. The Balaban J connectivity index is 1.91. The fraction of sp³-hybridized carbons (Fsp3) is 0.333. The summed E-state index contributed by atoms with van der Waals surface area (Å²) in [6, 6.07) is 14.2. The summed E-state index contributed by atoms with van der Waals surface area (Å²) in [5, 5.41) is 9.23. The molecule has 2 aromatic carbocycles. The molecule has 3 N–H and O–H groups in total. The first kappa shape index (κ1) is 20.4. The van der Waals surface area contributed by atoms with E-state index in [4.69, 9.17) is 0 Å². The minimum atomic E-state index is -0.250. The lowest BCUT2D eigenvalue weighted by atomic mass is 10.1. The number of rotatable bonds is 7. The second kappa shape index (κ2) is 10.3. The van der Waals surface area contributed by atoms with E-state index in [9.17, 15) is 9.18 Å². The Bertz CT molecular complexity index is 791. The lowest BCUT2D eigenvalue weighted by molar-refractivity contribution is 0.0939. The van der Waals surface area contributed by atoms with E-state index in [-0.39, 0.29) is 17.8 Å². The average molecular weight is 370 g/mol. The summed E-state index contributed by atoms with van der Waals surface area (Å²) in [6.07, 6.45) is 0.886. The number of aliphatic imine (C=N–C) groups is 1. The van der Waals surface area contributed by atoms with E-state index in [2.05, 4.69) is 20.9 Å². The lowest BCUT2D eigenvalue weighted by Gasteiger charge is -2.14. The minimum Gasteiger partial charge on any atom is -0.352 e. The lowest BCUT2D eigenvalue weighted by Crippen LogP contribution is -2.36. The molecule has 0 bridgehead atoms. The third kappa shape index (κ3) is 6.40. The molecule has 0 aliphatic heterocycles. The standard InChI is InChI=1S/C21H27FN4O/c1-4-15(2)26-20(27)17-10-7-8-16(12-17)13-24-21(23-3)25-14-18-9-5-6-11-19(18)22/h5-12,15H,4,13-14H2,1-3H3,(H,26,27)(H2,23,24,25). The first-order chi connectivity index (χ1) is 13.0. The van der Waals surface area contributed by atoms with Gasteiger partial charge in [0.05, 0.1) is 0 Å². The monoisotopic (exact) mass is 370 g/mol. The predicted molar refractivity (Wildman–Crippen MR) is 107 cm³/mol. The van der Waals surface area contributed by atoms with Crippen molar-refractivity contribution in [2.75, 3.05) is 7.05 Å². The van der Waals surface area contributed by atoms with Crippen LogP contribution in [0.1, 0.15) is 41.8 Å². The number of guanidine groups is 1. The Kier molecular flexibility index (Phi) is 7.79. The SMILES string of the molecule is CCC(C)NC(=O)c1cccc(CNC(=NC)NCc2ccccc2F)c1. The van der Waals surface area contributed by atoms with Gasteiger partial charge in [-0.25, -0.2) is 4.39 Å². The molecule has 0 aromatic heterocycles. The van der Waals surface area contributed by atoms with Crippen LogP contribution in [-0.4, -0.2) is 25.0 Å². The van der Waals surface area contributed by atoms with Crippen LogP contribution in [0.15, 0.2) is 53.5 Å². The topological polar surface area (TPSA) is 65.5 Å². The van der Waals surface area contributed by atoms with Crippen molar-refractivity contribution in [2.24, 2.45) is 4.99 Å². The molecule has 0 aliphatic rings. The van der Waals surface area contributed by atoms with E-state index in [1.165, 1.54) is 6.07 Å². The van der Waals surface area contributed by atoms with Gasteiger partial charge in [0.1, 0.15) is 5.82 Å². The largest absolute Gasteiger partial charge is 0.352 e. The highest BCUT2D eigenvalue weighted by Gasteiger charge is 2.09. The van der Waals surface area contributed by atoms with Gasteiger partial charge in [0.2, 0.25) is 0 Å². The zero-order valence-electron chi connectivity index (χ0n) is 16.1. The highest BCUT2D eigenvalue weighted by Crippen LogP contribution is 2.07. The zero-order chi connectivity index (χ0) is 19.6. The maximum absolute atomic E-state index is 13.7. The molecular formula is C21H27FN4O. The number of hydrogen-bond acceptors (Lipinski definition) is 2. The molecule has 1 unspecified atom stereocenters. The minimum absolute atomic E-state index is 0.0757. The molecule has 144 valence electrons. The van der Waals surface area contributed by atoms with Crippen LogP contribution in [0.4, 0.5) is 4.39 Å². The van der Waals surface area contributed by atoms with Crippen LogP contribution in [-0.2, 0) is 13.1 Å². The van der Waals surface area contributed by atoms with Crippen LogP contribution in [0.3, 0.4) is 0 Å². The predicted octanol–water partition coefficient (Wildman–Crippen LogP) is 3.22. The van der Waals surface area contributed by atoms with Gasteiger partial charge in [0.15, 0.2) is 5.96 Å². The number of hydrogen-bond donors (Lipinski definition) is 3. The molecule has 0 saturated carbocycles. The summed E-state index contributed by atoms with van der Waals surface area (Å²) < 4.78 is 13.7. The number of carbonyl (C=O) groups excluding carboxylic acids is 1. The van der Waals surface area contributed by atoms with Crippen molar-refractivity contribution in [3.63, 3.8) is 0 Å². The molecule has 1 atom stereocenters. The second-order valence-electron chi connectivity index (χ2n) is 6.35. The van der Waals surface area contributed by atoms with Gasteiger partial charge >= 0.3 is 0 Å². The number of amides is 1. The molecule has 2 rings (SSSR count). The third-order valence-corrected chi connectivity index (χ3v) is 4.27. The van der Waals surface area contributed by atoms with Crippen molar-refractivity contribution < 1.29 is 9.18 Å². The van der Waals surface area contributed by atoms with Crippen molar-refractivity contribution >= 4 is 11.9 Å². The molecular weight excluding hydrogens is 343 g/mol. The molecule has 6 heteroatoms. The normalized spacial score (nSPS) is 12.4. The maximum atomic E-state index is 13.7. The summed E-state index contributed by atoms with van der Waals surface area (Å²) >= 11 is 0. The van der Waals surface area contributed by atoms with Gasteiger partial charge in [-0.2, -0.15) is 0 Å².